The van der Waals surface area contributed by atoms with E-state index in [9.17, 15) is 0 Å². The van der Waals surface area contributed by atoms with Crippen molar-refractivity contribution in [3.05, 3.63) is 481 Å². The van der Waals surface area contributed by atoms with E-state index in [-0.39, 0.29) is 0 Å². The van der Waals surface area contributed by atoms with E-state index < -0.39 is 10.8 Å². The summed E-state index contributed by atoms with van der Waals surface area (Å²) in [6.45, 7) is 0. The Morgan fingerprint density at radius 2 is 0.437 bits per heavy atom. The van der Waals surface area contributed by atoms with Crippen LogP contribution < -0.4 is 9.80 Å². The molecule has 1 atom stereocenters. The molecule has 4 heteroatoms. The summed E-state index contributed by atoms with van der Waals surface area (Å²) in [5.41, 5.74) is 33.0. The van der Waals surface area contributed by atoms with Crippen LogP contribution in [-0.4, -0.2) is 0 Å². The van der Waals surface area contributed by atoms with Crippen molar-refractivity contribution in [1.82, 2.24) is 0 Å². The summed E-state index contributed by atoms with van der Waals surface area (Å²) in [4.78, 5) is 5.17. The summed E-state index contributed by atoms with van der Waals surface area (Å²) in [6.07, 6.45) is 0. The molecule has 126 heavy (non-hydrogen) atoms. The molecular weight excluding hydrogens is 1560 g/mol. The van der Waals surface area contributed by atoms with Gasteiger partial charge in [-0.2, -0.15) is 0 Å². The van der Waals surface area contributed by atoms with Gasteiger partial charge in [0.05, 0.1) is 22.2 Å². The van der Waals surface area contributed by atoms with Crippen LogP contribution in [0.15, 0.2) is 437 Å². The third kappa shape index (κ3) is 9.64. The highest BCUT2D eigenvalue weighted by Gasteiger charge is 2.55. The van der Waals surface area contributed by atoms with Crippen LogP contribution in [0.3, 0.4) is 0 Å². The summed E-state index contributed by atoms with van der Waals surface area (Å²) in [5, 5.41) is 20.1. The predicted octanol–water partition coefficient (Wildman–Crippen LogP) is 34.0. The molecule has 4 aliphatic carbocycles. The first-order chi connectivity index (χ1) is 62.5. The van der Waals surface area contributed by atoms with Crippen molar-refractivity contribution < 1.29 is 0 Å². The smallest absolute Gasteiger partial charge is 0.0746 e. The normalized spacial score (nSPS) is 14.1. The number of hydrogen-bond acceptors (Lipinski definition) is 4. The summed E-state index contributed by atoms with van der Waals surface area (Å²) in [6, 6.07) is 167. The second kappa shape index (κ2) is 26.5. The SMILES string of the molecule is c1cc(-c2ccc3sc4ccc(-c5ccc6c(c5)-c5ccccc5C65c6ccccc6-c6cccc(N(c7ccc(-c8ccc9sc%10ccccc%10c9c8)cc7)c7ccc8c9ccccc9c9ccccc9c8c7)c65)cc4c3c2)cc(N(c2ccc3c4ccccc4c4ccccc4c3c2)c2cccc3c2C2(c4ccccc4-c4ccccc42)c2ccccc2-3)c1. The molecule has 2 nitrogen and oxygen atoms in total. The van der Waals surface area contributed by atoms with Gasteiger partial charge in [0.2, 0.25) is 0 Å². The average molecular weight is 1630 g/mol. The highest BCUT2D eigenvalue weighted by Crippen LogP contribution is 2.68. The molecule has 4 aliphatic rings. The molecule has 0 saturated carbocycles. The Hall–Kier alpha value is -15.6. The van der Waals surface area contributed by atoms with Gasteiger partial charge in [-0.25, -0.2) is 0 Å². The molecule has 0 bridgehead atoms. The maximum absolute atomic E-state index is 2.59. The Morgan fingerprint density at radius 1 is 0.151 bits per heavy atom. The summed E-state index contributed by atoms with van der Waals surface area (Å²) in [7, 11) is 0. The van der Waals surface area contributed by atoms with Crippen LogP contribution in [0.2, 0.25) is 0 Å². The minimum Gasteiger partial charge on any atom is -0.310 e. The molecule has 0 aliphatic heterocycles. The Bertz CT molecular complexity index is 8770. The van der Waals surface area contributed by atoms with Gasteiger partial charge in [-0.3, -0.25) is 0 Å². The minimum absolute atomic E-state index is 0.593. The van der Waals surface area contributed by atoms with E-state index in [1.807, 2.05) is 22.7 Å². The summed E-state index contributed by atoms with van der Waals surface area (Å²) < 4.78 is 5.15. The molecule has 0 amide bonds. The Kier molecular flexibility index (Phi) is 14.7. The third-order valence-electron chi connectivity index (χ3n) is 28.6. The van der Waals surface area contributed by atoms with Gasteiger partial charge in [0, 0.05) is 74.2 Å². The largest absolute Gasteiger partial charge is 0.310 e. The Morgan fingerprint density at radius 3 is 0.889 bits per heavy atom. The van der Waals surface area contributed by atoms with Crippen LogP contribution in [0.4, 0.5) is 34.1 Å². The quantitative estimate of drug-likeness (QED) is 0.133. The number of thiophene rings is 2. The van der Waals surface area contributed by atoms with Gasteiger partial charge >= 0.3 is 0 Å². The van der Waals surface area contributed by atoms with Crippen molar-refractivity contribution in [2.45, 2.75) is 10.8 Å². The number of rotatable bonds is 9. The van der Waals surface area contributed by atoms with E-state index in [0.717, 1.165) is 39.7 Å². The van der Waals surface area contributed by atoms with Crippen LogP contribution in [0, 0.1) is 0 Å². The van der Waals surface area contributed by atoms with E-state index in [4.69, 9.17) is 0 Å². The fourth-order valence-corrected chi connectivity index (χ4v) is 25.6. The standard InChI is InChI=1S/C122H72N2S2/c1-3-30-87-83(26-1)85-28-5-7-32-89(85)101-71-81(58-60-91(87)101)123(79-56-50-73(51-57-79)75-53-63-116-104(68-75)98-39-14-20-49-115(98)125-116)113-47-22-40-99-96-37-12-18-45-110(96)122(119(99)113)111-46-19-13-38-97(111)103-67-76(52-62-112(103)122)78-55-65-118-106(70-78)105-69-77(54-64-117(105)126-118)74-24-21-25-80(66-74)124(82-59-61-92-88-31-4-2-27-84(88)86-29-6-8-33-90(86)102(92)72-82)114-48-23-41-100-95-36-11-17-44-109(95)121(120(100)114)107-42-15-9-34-93(107)94-35-10-16-43-108(94)121/h1-72H. The van der Waals surface area contributed by atoms with Crippen molar-refractivity contribution in [2.24, 2.45) is 0 Å². The molecule has 582 valence electrons. The zero-order chi connectivity index (χ0) is 82.2. The lowest BCUT2D eigenvalue weighted by atomic mass is 9.69. The maximum atomic E-state index is 2.59. The van der Waals surface area contributed by atoms with Crippen molar-refractivity contribution in [3.63, 3.8) is 0 Å². The number of fused-ring (bicyclic) bond motifs is 38. The van der Waals surface area contributed by atoms with Crippen molar-refractivity contribution >= 4 is 162 Å². The van der Waals surface area contributed by atoms with Gasteiger partial charge in [0.15, 0.2) is 0 Å². The fourth-order valence-electron chi connectivity index (χ4n) is 23.5. The van der Waals surface area contributed by atoms with Gasteiger partial charge in [-0.15, -0.1) is 22.7 Å². The van der Waals surface area contributed by atoms with Crippen LogP contribution in [0.25, 0.3) is 183 Å². The Balaban J connectivity index is 0.594. The van der Waals surface area contributed by atoms with Crippen LogP contribution in [0.5, 0.6) is 0 Å². The first-order valence-electron chi connectivity index (χ1n) is 43.7. The van der Waals surface area contributed by atoms with Crippen molar-refractivity contribution in [3.8, 4) is 77.9 Å². The van der Waals surface area contributed by atoms with Crippen LogP contribution in [0.1, 0.15) is 44.5 Å². The molecular formula is C122H72N2S2. The van der Waals surface area contributed by atoms with E-state index >= 15 is 0 Å². The molecule has 0 N–H and O–H groups in total. The van der Waals surface area contributed by atoms with Crippen LogP contribution >= 0.6 is 22.7 Å². The van der Waals surface area contributed by atoms with Crippen LogP contribution in [-0.2, 0) is 10.8 Å². The first kappa shape index (κ1) is 70.0. The molecule has 0 radical (unpaired) electrons. The van der Waals surface area contributed by atoms with Crippen molar-refractivity contribution in [2.75, 3.05) is 9.80 Å². The fraction of sp³-hybridized carbons (Fsp3) is 0.0164. The number of benzene rings is 22. The molecule has 22 aromatic carbocycles. The third-order valence-corrected chi connectivity index (χ3v) is 30.9. The number of nitrogens with zero attached hydrogens (tertiary/aromatic N) is 2. The molecule has 24 aromatic rings. The lowest BCUT2D eigenvalue weighted by molar-refractivity contribution is 0.793. The molecule has 0 fully saturated rings. The predicted molar refractivity (Wildman–Crippen MR) is 536 cm³/mol. The zero-order valence-corrected chi connectivity index (χ0v) is 69.9. The molecule has 28 rings (SSSR count). The summed E-state index contributed by atoms with van der Waals surface area (Å²) >= 11 is 3.75. The summed E-state index contributed by atoms with van der Waals surface area (Å²) in [5.74, 6) is 0. The van der Waals surface area contributed by atoms with Gasteiger partial charge in [0.1, 0.15) is 0 Å². The first-order valence-corrected chi connectivity index (χ1v) is 45.4. The van der Waals surface area contributed by atoms with E-state index in [1.54, 1.807) is 0 Å². The lowest BCUT2D eigenvalue weighted by Gasteiger charge is -2.36. The number of hydrogen-bond donors (Lipinski definition) is 0. The van der Waals surface area contributed by atoms with E-state index in [0.29, 0.717) is 0 Å². The molecule has 2 heterocycles. The van der Waals surface area contributed by atoms with Gasteiger partial charge in [-0.1, -0.05) is 328 Å². The lowest BCUT2D eigenvalue weighted by Crippen LogP contribution is -2.28. The van der Waals surface area contributed by atoms with Gasteiger partial charge in [-0.05, 0) is 285 Å². The van der Waals surface area contributed by atoms with Gasteiger partial charge in [0.25, 0.3) is 0 Å². The highest BCUT2D eigenvalue weighted by atomic mass is 32.1. The van der Waals surface area contributed by atoms with E-state index in [2.05, 4.69) is 447 Å². The van der Waals surface area contributed by atoms with Crippen molar-refractivity contribution in [1.29, 1.82) is 0 Å². The number of anilines is 6. The maximum Gasteiger partial charge on any atom is 0.0746 e. The highest BCUT2D eigenvalue weighted by molar-refractivity contribution is 7.26. The molecule has 2 aromatic heterocycles. The minimum atomic E-state index is -0.689. The topological polar surface area (TPSA) is 6.48 Å². The zero-order valence-electron chi connectivity index (χ0n) is 68.3. The second-order valence-corrected chi connectivity index (χ2v) is 36.8. The Labute approximate surface area is 735 Å². The second-order valence-electron chi connectivity index (χ2n) is 34.6. The molecule has 1 unspecified atom stereocenters. The van der Waals surface area contributed by atoms with Gasteiger partial charge < -0.3 is 9.80 Å². The average Bonchev–Trinajstić information content (AvgIpc) is 1.50. The molecule has 2 spiro atoms. The molecule has 0 saturated heterocycles. The van der Waals surface area contributed by atoms with E-state index in [1.165, 1.54) is 222 Å². The monoisotopic (exact) mass is 1630 g/mol.